The van der Waals surface area contributed by atoms with Gasteiger partial charge in [-0.2, -0.15) is 0 Å². The van der Waals surface area contributed by atoms with Gasteiger partial charge in [0.1, 0.15) is 0 Å². The molecule has 0 radical (unpaired) electrons. The molecule has 7 aromatic carbocycles. The van der Waals surface area contributed by atoms with Gasteiger partial charge >= 0.3 is 0 Å². The zero-order valence-electron chi connectivity index (χ0n) is 27.7. The van der Waals surface area contributed by atoms with E-state index in [0.29, 0.717) is 0 Å². The molecule has 1 nitrogen and oxygen atoms in total. The number of thiophene rings is 1. The van der Waals surface area contributed by atoms with Gasteiger partial charge in [-0.25, -0.2) is 0 Å². The molecule has 0 fully saturated rings. The lowest BCUT2D eigenvalue weighted by Gasteiger charge is -2.43. The first kappa shape index (κ1) is 27.5. The normalized spacial score (nSPS) is 17.5. The summed E-state index contributed by atoms with van der Waals surface area (Å²) in [6.45, 7) is 7.21. The van der Waals surface area contributed by atoms with Crippen LogP contribution >= 0.6 is 11.3 Å². The molecule has 0 amide bonds. The molecule has 3 aliphatic rings. The summed E-state index contributed by atoms with van der Waals surface area (Å²) in [5, 5.41) is 2.67. The maximum absolute atomic E-state index is 2.58. The molecule has 2 heteroatoms. The third-order valence-electron chi connectivity index (χ3n) is 11.9. The van der Waals surface area contributed by atoms with Crippen molar-refractivity contribution >= 4 is 48.6 Å². The third kappa shape index (κ3) is 3.40. The number of anilines is 3. The fourth-order valence-corrected chi connectivity index (χ4v) is 10.7. The lowest BCUT2D eigenvalue weighted by molar-refractivity contribution is 0.660. The zero-order valence-corrected chi connectivity index (χ0v) is 28.5. The molecule has 0 saturated carbocycles. The highest BCUT2D eigenvalue weighted by atomic mass is 32.1. The second-order valence-corrected chi connectivity index (χ2v) is 15.7. The van der Waals surface area contributed by atoms with Crippen LogP contribution in [0.1, 0.15) is 48.6 Å². The standard InChI is InChI=1S/C47H33NS/c1-46(2)35-16-7-5-14-33(35)44-37(46)18-11-19-40(44)48-39-24-22-29(28-23-25-43-34(26-28)31-13-6-9-21-42(31)49-43)27-38(39)47(3)36-17-8-4-12-30(36)32-15-10-20-41(48)45(32)47/h4-27H,1-3H3. The van der Waals surface area contributed by atoms with Crippen molar-refractivity contribution in [3.05, 3.63) is 173 Å². The molecule has 1 unspecified atom stereocenters. The summed E-state index contributed by atoms with van der Waals surface area (Å²) in [5.41, 5.74) is 18.3. The van der Waals surface area contributed by atoms with Gasteiger partial charge in [0.2, 0.25) is 0 Å². The molecule has 49 heavy (non-hydrogen) atoms. The summed E-state index contributed by atoms with van der Waals surface area (Å²) in [4.78, 5) is 2.58. The maximum Gasteiger partial charge on any atom is 0.0543 e. The Hall–Kier alpha value is -5.44. The Morgan fingerprint density at radius 3 is 2.00 bits per heavy atom. The van der Waals surface area contributed by atoms with Crippen LogP contribution in [-0.4, -0.2) is 0 Å². The second kappa shape index (κ2) is 9.37. The van der Waals surface area contributed by atoms with E-state index < -0.39 is 0 Å². The van der Waals surface area contributed by atoms with Crippen LogP contribution in [-0.2, 0) is 10.8 Å². The molecule has 1 aliphatic heterocycles. The number of nitrogens with zero attached hydrogens (tertiary/aromatic N) is 1. The summed E-state index contributed by atoms with van der Waals surface area (Å²) < 4.78 is 2.68. The summed E-state index contributed by atoms with van der Waals surface area (Å²) in [7, 11) is 0. The molecular formula is C47H33NS. The molecule has 232 valence electrons. The molecule has 8 aromatic rings. The molecule has 0 spiro atoms. The molecule has 2 aliphatic carbocycles. The van der Waals surface area contributed by atoms with Gasteiger partial charge in [0.25, 0.3) is 0 Å². The van der Waals surface area contributed by atoms with Crippen molar-refractivity contribution in [3.63, 3.8) is 0 Å². The van der Waals surface area contributed by atoms with Crippen LogP contribution in [0.2, 0.25) is 0 Å². The van der Waals surface area contributed by atoms with Crippen molar-refractivity contribution in [2.24, 2.45) is 0 Å². The summed E-state index contributed by atoms with van der Waals surface area (Å²) in [6.07, 6.45) is 0. The van der Waals surface area contributed by atoms with Crippen LogP contribution in [0, 0.1) is 0 Å². The molecule has 0 bridgehead atoms. The Kier molecular flexibility index (Phi) is 5.26. The molecule has 1 atom stereocenters. The van der Waals surface area contributed by atoms with E-state index >= 15 is 0 Å². The highest BCUT2D eigenvalue weighted by Crippen LogP contribution is 2.64. The van der Waals surface area contributed by atoms with Crippen LogP contribution in [0.5, 0.6) is 0 Å². The predicted octanol–water partition coefficient (Wildman–Crippen LogP) is 13.1. The van der Waals surface area contributed by atoms with Crippen molar-refractivity contribution in [1.29, 1.82) is 0 Å². The van der Waals surface area contributed by atoms with E-state index in [0.717, 1.165) is 0 Å². The molecule has 2 heterocycles. The van der Waals surface area contributed by atoms with Gasteiger partial charge in [0.05, 0.1) is 17.1 Å². The molecule has 1 aromatic heterocycles. The van der Waals surface area contributed by atoms with Gasteiger partial charge < -0.3 is 4.90 Å². The Bertz CT molecular complexity index is 2730. The fraction of sp³-hybridized carbons (Fsp3) is 0.106. The minimum Gasteiger partial charge on any atom is -0.309 e. The predicted molar refractivity (Wildman–Crippen MR) is 208 cm³/mol. The molecule has 0 N–H and O–H groups in total. The number of rotatable bonds is 2. The summed E-state index contributed by atoms with van der Waals surface area (Å²) in [6, 6.07) is 55.0. The highest BCUT2D eigenvalue weighted by molar-refractivity contribution is 7.25. The number of fused-ring (bicyclic) bond motifs is 11. The first-order chi connectivity index (χ1) is 23.9. The first-order valence-electron chi connectivity index (χ1n) is 17.3. The molecule has 11 rings (SSSR count). The second-order valence-electron chi connectivity index (χ2n) is 14.6. The van der Waals surface area contributed by atoms with Crippen molar-refractivity contribution in [1.82, 2.24) is 0 Å². The fourth-order valence-electron chi connectivity index (χ4n) is 9.57. The number of benzene rings is 7. The topological polar surface area (TPSA) is 3.24 Å². The Labute approximate surface area is 290 Å². The minimum atomic E-state index is -0.293. The Balaban J connectivity index is 1.21. The van der Waals surface area contributed by atoms with Crippen molar-refractivity contribution < 1.29 is 0 Å². The van der Waals surface area contributed by atoms with Gasteiger partial charge in [-0.05, 0) is 105 Å². The quantitative estimate of drug-likeness (QED) is 0.181. The zero-order chi connectivity index (χ0) is 32.6. The van der Waals surface area contributed by atoms with Crippen LogP contribution in [0.4, 0.5) is 17.1 Å². The van der Waals surface area contributed by atoms with Gasteiger partial charge in [-0.1, -0.05) is 117 Å². The monoisotopic (exact) mass is 643 g/mol. The Morgan fingerprint density at radius 2 is 1.10 bits per heavy atom. The van der Waals surface area contributed by atoms with E-state index in [1.807, 2.05) is 11.3 Å². The van der Waals surface area contributed by atoms with Crippen LogP contribution < -0.4 is 4.90 Å². The SMILES string of the molecule is CC1(C)c2ccccc2-c2c(N3c4ccc(-c5ccc6sc7ccccc7c6c5)cc4C4(C)c5ccccc5-c5cccc3c54)cccc21. The van der Waals surface area contributed by atoms with E-state index in [-0.39, 0.29) is 10.8 Å². The van der Waals surface area contributed by atoms with E-state index in [1.54, 1.807) is 0 Å². The van der Waals surface area contributed by atoms with Crippen LogP contribution in [0.3, 0.4) is 0 Å². The van der Waals surface area contributed by atoms with E-state index in [4.69, 9.17) is 0 Å². The average molecular weight is 644 g/mol. The van der Waals surface area contributed by atoms with Crippen molar-refractivity contribution in [3.8, 4) is 33.4 Å². The van der Waals surface area contributed by atoms with Gasteiger partial charge in [0.15, 0.2) is 0 Å². The van der Waals surface area contributed by atoms with Crippen LogP contribution in [0.15, 0.2) is 146 Å². The smallest absolute Gasteiger partial charge is 0.0543 e. The summed E-state index contributed by atoms with van der Waals surface area (Å²) in [5.74, 6) is 0. The van der Waals surface area contributed by atoms with E-state index in [2.05, 4.69) is 171 Å². The summed E-state index contributed by atoms with van der Waals surface area (Å²) >= 11 is 1.88. The van der Waals surface area contributed by atoms with Crippen LogP contribution in [0.25, 0.3) is 53.6 Å². The van der Waals surface area contributed by atoms with Gasteiger partial charge in [-0.15, -0.1) is 11.3 Å². The van der Waals surface area contributed by atoms with Crippen molar-refractivity contribution in [2.75, 3.05) is 4.90 Å². The molecule has 0 saturated heterocycles. The maximum atomic E-state index is 2.58. The van der Waals surface area contributed by atoms with Crippen molar-refractivity contribution in [2.45, 2.75) is 31.6 Å². The highest BCUT2D eigenvalue weighted by Gasteiger charge is 2.49. The van der Waals surface area contributed by atoms with Gasteiger partial charge in [-0.3, -0.25) is 0 Å². The number of hydrogen-bond acceptors (Lipinski definition) is 2. The average Bonchev–Trinajstić information content (AvgIpc) is 3.73. The third-order valence-corrected chi connectivity index (χ3v) is 13.0. The Morgan fingerprint density at radius 1 is 0.449 bits per heavy atom. The largest absolute Gasteiger partial charge is 0.309 e. The van der Waals surface area contributed by atoms with Gasteiger partial charge in [0, 0.05) is 36.6 Å². The minimum absolute atomic E-state index is 0.0712. The van der Waals surface area contributed by atoms with E-state index in [1.165, 1.54) is 98.4 Å². The molecular weight excluding hydrogens is 611 g/mol. The number of hydrogen-bond donors (Lipinski definition) is 0. The lowest BCUT2D eigenvalue weighted by Crippen LogP contribution is -2.32. The lowest BCUT2D eigenvalue weighted by atomic mass is 9.70. The first-order valence-corrected chi connectivity index (χ1v) is 18.1. The van der Waals surface area contributed by atoms with E-state index in [9.17, 15) is 0 Å².